The fourth-order valence-corrected chi connectivity index (χ4v) is 1.12. The van der Waals surface area contributed by atoms with Crippen molar-refractivity contribution in [2.24, 2.45) is 0 Å². The molecule has 0 saturated carbocycles. The third-order valence-electron chi connectivity index (χ3n) is 2.40. The Balaban J connectivity index is 2.57. The minimum Gasteiger partial charge on any atom is -0.388 e. The van der Waals surface area contributed by atoms with Gasteiger partial charge in [-0.05, 0) is 20.3 Å². The van der Waals surface area contributed by atoms with Gasteiger partial charge in [0.25, 0.3) is 0 Å². The number of hydrogen-bond donors (Lipinski definition) is 3. The Morgan fingerprint density at radius 3 is 2.44 bits per heavy atom. The van der Waals surface area contributed by atoms with E-state index in [0.29, 0.717) is 18.8 Å². The van der Waals surface area contributed by atoms with E-state index in [1.54, 1.807) is 19.3 Å². The lowest BCUT2D eigenvalue weighted by Gasteiger charge is -2.21. The van der Waals surface area contributed by atoms with Crippen LogP contribution in [0.25, 0.3) is 0 Å². The molecule has 5 heteroatoms. The monoisotopic (exact) mass is 224 g/mol. The molecule has 1 heterocycles. The number of rotatable bonds is 6. The number of aromatic nitrogens is 2. The van der Waals surface area contributed by atoms with Crippen LogP contribution >= 0.6 is 0 Å². The van der Waals surface area contributed by atoms with Crippen LogP contribution in [0.5, 0.6) is 0 Å². The highest BCUT2D eigenvalue weighted by Crippen LogP contribution is 2.11. The van der Waals surface area contributed by atoms with E-state index in [2.05, 4.69) is 20.6 Å². The molecule has 0 aliphatic carbocycles. The molecule has 0 aliphatic rings. The predicted molar refractivity (Wildman–Crippen MR) is 65.6 cm³/mol. The molecule has 5 nitrogen and oxygen atoms in total. The van der Waals surface area contributed by atoms with Crippen LogP contribution in [0, 0.1) is 0 Å². The van der Waals surface area contributed by atoms with E-state index in [4.69, 9.17) is 0 Å². The zero-order valence-corrected chi connectivity index (χ0v) is 10.1. The summed E-state index contributed by atoms with van der Waals surface area (Å²) in [6.07, 6.45) is 4.01. The van der Waals surface area contributed by atoms with Gasteiger partial charge in [-0.1, -0.05) is 6.92 Å². The third kappa shape index (κ3) is 4.02. The summed E-state index contributed by atoms with van der Waals surface area (Å²) in [5.74, 6) is 1.41. The lowest BCUT2D eigenvalue weighted by Crippen LogP contribution is -2.32. The summed E-state index contributed by atoms with van der Waals surface area (Å²) in [6, 6.07) is 0. The molecule has 1 rings (SSSR count). The van der Waals surface area contributed by atoms with E-state index in [-0.39, 0.29) is 0 Å². The molecule has 0 bridgehead atoms. The number of anilines is 2. The molecule has 1 unspecified atom stereocenters. The van der Waals surface area contributed by atoms with Crippen LogP contribution in [0.4, 0.5) is 11.6 Å². The fraction of sp³-hybridized carbons (Fsp3) is 0.636. The molecule has 0 spiro atoms. The highest BCUT2D eigenvalue weighted by atomic mass is 16.3. The van der Waals surface area contributed by atoms with Gasteiger partial charge >= 0.3 is 0 Å². The first-order chi connectivity index (χ1) is 7.57. The molecule has 1 aromatic rings. The van der Waals surface area contributed by atoms with Crippen molar-refractivity contribution in [3.05, 3.63) is 12.4 Å². The van der Waals surface area contributed by atoms with Gasteiger partial charge in [0, 0.05) is 13.1 Å². The topological polar surface area (TPSA) is 70.1 Å². The lowest BCUT2D eigenvalue weighted by atomic mass is 10.0. The molecular weight excluding hydrogens is 204 g/mol. The van der Waals surface area contributed by atoms with E-state index in [1.165, 1.54) is 0 Å². The van der Waals surface area contributed by atoms with Crippen LogP contribution in [0.2, 0.25) is 0 Å². The maximum absolute atomic E-state index is 9.83. The van der Waals surface area contributed by atoms with Crippen molar-refractivity contribution in [2.45, 2.75) is 32.8 Å². The molecule has 0 saturated heterocycles. The Morgan fingerprint density at radius 2 is 1.88 bits per heavy atom. The minimum absolute atomic E-state index is 0.466. The van der Waals surface area contributed by atoms with Crippen LogP contribution in [0.3, 0.4) is 0 Å². The van der Waals surface area contributed by atoms with Gasteiger partial charge in [0.05, 0.1) is 18.0 Å². The van der Waals surface area contributed by atoms with Crippen LogP contribution in [0.15, 0.2) is 12.4 Å². The zero-order valence-electron chi connectivity index (χ0n) is 10.1. The smallest absolute Gasteiger partial charge is 0.147 e. The molecule has 16 heavy (non-hydrogen) atoms. The second kappa shape index (κ2) is 5.65. The largest absolute Gasteiger partial charge is 0.388 e. The van der Waals surface area contributed by atoms with Crippen molar-refractivity contribution < 1.29 is 5.11 Å². The summed E-state index contributed by atoms with van der Waals surface area (Å²) in [6.45, 7) is 7.02. The van der Waals surface area contributed by atoms with Gasteiger partial charge < -0.3 is 15.7 Å². The van der Waals surface area contributed by atoms with Gasteiger partial charge in [-0.2, -0.15) is 0 Å². The summed E-state index contributed by atoms with van der Waals surface area (Å²) >= 11 is 0. The van der Waals surface area contributed by atoms with Gasteiger partial charge in [0.1, 0.15) is 11.6 Å². The van der Waals surface area contributed by atoms with Gasteiger partial charge in [-0.25, -0.2) is 4.98 Å². The van der Waals surface area contributed by atoms with E-state index >= 15 is 0 Å². The summed E-state index contributed by atoms with van der Waals surface area (Å²) in [4.78, 5) is 8.36. The average Bonchev–Trinajstić information content (AvgIpc) is 2.28. The maximum atomic E-state index is 9.83. The first kappa shape index (κ1) is 12.7. The first-order valence-electron chi connectivity index (χ1n) is 5.59. The van der Waals surface area contributed by atoms with Crippen molar-refractivity contribution in [1.82, 2.24) is 9.97 Å². The van der Waals surface area contributed by atoms with Gasteiger partial charge in [0.15, 0.2) is 0 Å². The molecular formula is C11H20N4O. The zero-order chi connectivity index (χ0) is 12.0. The fourth-order valence-electron chi connectivity index (χ4n) is 1.12. The molecule has 0 aliphatic heterocycles. The van der Waals surface area contributed by atoms with Crippen molar-refractivity contribution in [3.8, 4) is 0 Å². The first-order valence-corrected chi connectivity index (χ1v) is 5.59. The molecule has 0 amide bonds. The van der Waals surface area contributed by atoms with Gasteiger partial charge in [0.2, 0.25) is 0 Å². The summed E-state index contributed by atoms with van der Waals surface area (Å²) in [7, 11) is 0. The van der Waals surface area contributed by atoms with Gasteiger partial charge in [-0.15, -0.1) is 0 Å². The Kier molecular flexibility index (Phi) is 4.49. The molecule has 90 valence electrons. The SMILES string of the molecule is CCNc1cncc(NCC(C)(O)CC)n1. The number of hydrogen-bond acceptors (Lipinski definition) is 5. The molecule has 0 fully saturated rings. The molecule has 1 atom stereocenters. The van der Waals surface area contributed by atoms with E-state index in [9.17, 15) is 5.11 Å². The third-order valence-corrected chi connectivity index (χ3v) is 2.40. The highest BCUT2D eigenvalue weighted by Gasteiger charge is 2.16. The summed E-state index contributed by atoms with van der Waals surface area (Å²) < 4.78 is 0. The summed E-state index contributed by atoms with van der Waals surface area (Å²) in [5.41, 5.74) is -0.712. The maximum Gasteiger partial charge on any atom is 0.147 e. The molecule has 3 N–H and O–H groups in total. The second-order valence-electron chi connectivity index (χ2n) is 4.02. The minimum atomic E-state index is -0.712. The second-order valence-corrected chi connectivity index (χ2v) is 4.02. The highest BCUT2D eigenvalue weighted by molar-refractivity contribution is 5.41. The van der Waals surface area contributed by atoms with E-state index in [0.717, 1.165) is 12.4 Å². The quantitative estimate of drug-likeness (QED) is 0.683. The average molecular weight is 224 g/mol. The standard InChI is InChI=1S/C11H20N4O/c1-4-11(3,16)8-14-10-7-12-6-9(15-10)13-5-2/h6-7,16H,4-5,8H2,1-3H3,(H2,13,14,15). The number of nitrogens with one attached hydrogen (secondary N) is 2. The summed E-state index contributed by atoms with van der Waals surface area (Å²) in [5, 5.41) is 16.0. The van der Waals surface area contributed by atoms with Crippen molar-refractivity contribution in [3.63, 3.8) is 0 Å². The molecule has 0 aromatic carbocycles. The van der Waals surface area contributed by atoms with E-state index < -0.39 is 5.60 Å². The van der Waals surface area contributed by atoms with Crippen molar-refractivity contribution in [1.29, 1.82) is 0 Å². The van der Waals surface area contributed by atoms with Crippen LogP contribution in [0.1, 0.15) is 27.2 Å². The van der Waals surface area contributed by atoms with Crippen molar-refractivity contribution in [2.75, 3.05) is 23.7 Å². The van der Waals surface area contributed by atoms with Crippen LogP contribution < -0.4 is 10.6 Å². The van der Waals surface area contributed by atoms with Crippen LogP contribution in [-0.2, 0) is 0 Å². The predicted octanol–water partition coefficient (Wildman–Crippen LogP) is 1.48. The Hall–Kier alpha value is -1.36. The Labute approximate surface area is 96.3 Å². The van der Waals surface area contributed by atoms with Crippen molar-refractivity contribution >= 4 is 11.6 Å². The Bertz CT molecular complexity index is 328. The van der Waals surface area contributed by atoms with E-state index in [1.807, 2.05) is 13.8 Å². The number of nitrogens with zero attached hydrogens (tertiary/aromatic N) is 2. The normalized spacial score (nSPS) is 14.2. The molecule has 0 radical (unpaired) electrons. The lowest BCUT2D eigenvalue weighted by molar-refractivity contribution is 0.0696. The van der Waals surface area contributed by atoms with Gasteiger partial charge in [-0.3, -0.25) is 4.98 Å². The molecule has 1 aromatic heterocycles. The Morgan fingerprint density at radius 1 is 1.25 bits per heavy atom. The number of aliphatic hydroxyl groups is 1. The van der Waals surface area contributed by atoms with Crippen LogP contribution in [-0.4, -0.2) is 33.8 Å².